The van der Waals surface area contributed by atoms with Crippen LogP contribution >= 0.6 is 0 Å². The Hall–Kier alpha value is -4.28. The first-order valence-corrected chi connectivity index (χ1v) is 15.7. The lowest BCUT2D eigenvalue weighted by Gasteiger charge is -2.32. The molecule has 3 aliphatic rings. The molecule has 5 heterocycles. The summed E-state index contributed by atoms with van der Waals surface area (Å²) in [5.74, 6) is 8.65. The van der Waals surface area contributed by atoms with E-state index in [0.29, 0.717) is 67.7 Å². The maximum atomic E-state index is 12.5. The lowest BCUT2D eigenvalue weighted by molar-refractivity contribution is 0.145. The zero-order chi connectivity index (χ0) is 28.8. The number of aromatic nitrogens is 7. The van der Waals surface area contributed by atoms with Gasteiger partial charge < -0.3 is 15.3 Å². The van der Waals surface area contributed by atoms with Gasteiger partial charge in [0.05, 0.1) is 58.0 Å². The zero-order valence-electron chi connectivity index (χ0n) is 23.2. The Morgan fingerprint density at radius 1 is 0.952 bits per heavy atom. The minimum atomic E-state index is -3.47. The standard InChI is InChI=1S/C29H31N9O3S/c1-36-28(19-2-3-19)21(16-32-36)5-4-20-15-31-27(14-25(20)37-12-9-23(39)10-13-37)34-26-8-11-30-29(35-26)22-17-33-38(18-22)42(40,41)24-6-7-24/h8,11,14-19,23-24,39H,2-3,6-7,9-10,12-13H2,1H3,(H,30,31,34,35). The quantitative estimate of drug-likeness (QED) is 0.311. The van der Waals surface area contributed by atoms with Crippen molar-refractivity contribution in [2.24, 2.45) is 7.05 Å². The topological polar surface area (TPSA) is 144 Å². The summed E-state index contributed by atoms with van der Waals surface area (Å²) in [6.45, 7) is 1.43. The Labute approximate surface area is 243 Å². The number of nitrogens with one attached hydrogen (secondary N) is 1. The molecular formula is C29H31N9O3S. The van der Waals surface area contributed by atoms with Crippen LogP contribution in [0.4, 0.5) is 17.3 Å². The number of piperidine rings is 1. The third kappa shape index (κ3) is 5.35. The fourth-order valence-corrected chi connectivity index (χ4v) is 6.75. The van der Waals surface area contributed by atoms with Crippen molar-refractivity contribution < 1.29 is 13.5 Å². The molecular weight excluding hydrogens is 554 g/mol. The summed E-state index contributed by atoms with van der Waals surface area (Å²) >= 11 is 0. The summed E-state index contributed by atoms with van der Waals surface area (Å²) in [5, 5.41) is 21.5. The predicted molar refractivity (Wildman–Crippen MR) is 157 cm³/mol. The highest BCUT2D eigenvalue weighted by atomic mass is 32.2. The molecule has 0 spiro atoms. The molecule has 0 unspecified atom stereocenters. The van der Waals surface area contributed by atoms with Gasteiger partial charge in [-0.25, -0.2) is 23.4 Å². The van der Waals surface area contributed by atoms with Gasteiger partial charge in [-0.1, -0.05) is 11.8 Å². The van der Waals surface area contributed by atoms with Gasteiger partial charge in [0.15, 0.2) is 5.82 Å². The number of nitrogens with zero attached hydrogens (tertiary/aromatic N) is 8. The number of rotatable bonds is 7. The zero-order valence-corrected chi connectivity index (χ0v) is 24.0. The number of anilines is 3. The van der Waals surface area contributed by atoms with Crippen molar-refractivity contribution in [3.05, 3.63) is 59.9 Å². The summed E-state index contributed by atoms with van der Waals surface area (Å²) in [6, 6.07) is 3.68. The molecule has 0 radical (unpaired) electrons. The van der Waals surface area contributed by atoms with E-state index in [4.69, 9.17) is 0 Å². The largest absolute Gasteiger partial charge is 0.393 e. The molecule has 42 heavy (non-hydrogen) atoms. The second-order valence-electron chi connectivity index (χ2n) is 11.1. The number of aliphatic hydroxyl groups is 1. The van der Waals surface area contributed by atoms with Crippen LogP contribution in [0.2, 0.25) is 0 Å². The first-order chi connectivity index (χ1) is 20.3. The molecule has 0 atom stereocenters. The van der Waals surface area contributed by atoms with Gasteiger partial charge in [0.1, 0.15) is 11.6 Å². The summed E-state index contributed by atoms with van der Waals surface area (Å²) in [4.78, 5) is 15.8. The van der Waals surface area contributed by atoms with Crippen LogP contribution in [0.15, 0.2) is 43.1 Å². The van der Waals surface area contributed by atoms with Gasteiger partial charge in [-0.2, -0.15) is 14.3 Å². The molecule has 1 saturated heterocycles. The van der Waals surface area contributed by atoms with Crippen molar-refractivity contribution in [2.45, 2.75) is 55.8 Å². The van der Waals surface area contributed by atoms with E-state index < -0.39 is 10.0 Å². The van der Waals surface area contributed by atoms with Crippen LogP contribution in [0, 0.1) is 11.8 Å². The van der Waals surface area contributed by atoms with E-state index in [9.17, 15) is 13.5 Å². The first kappa shape index (κ1) is 26.6. The molecule has 216 valence electrons. The second-order valence-corrected chi connectivity index (χ2v) is 13.2. The lowest BCUT2D eigenvalue weighted by atomic mass is 10.1. The van der Waals surface area contributed by atoms with Gasteiger partial charge in [0.2, 0.25) is 0 Å². The minimum Gasteiger partial charge on any atom is -0.393 e. The fraction of sp³-hybridized carbons (Fsp3) is 0.414. The Morgan fingerprint density at radius 2 is 1.74 bits per heavy atom. The number of hydrogen-bond acceptors (Lipinski definition) is 10. The fourth-order valence-electron chi connectivity index (χ4n) is 5.27. The van der Waals surface area contributed by atoms with E-state index in [-0.39, 0.29) is 11.4 Å². The molecule has 4 aromatic rings. The molecule has 3 fully saturated rings. The Kier molecular flexibility index (Phi) is 6.67. The molecule has 13 heteroatoms. The lowest BCUT2D eigenvalue weighted by Crippen LogP contribution is -2.36. The van der Waals surface area contributed by atoms with Crippen molar-refractivity contribution in [1.82, 2.24) is 33.9 Å². The highest BCUT2D eigenvalue weighted by Crippen LogP contribution is 2.41. The van der Waals surface area contributed by atoms with Crippen LogP contribution in [0.3, 0.4) is 0 Å². The smallest absolute Gasteiger partial charge is 0.256 e. The third-order valence-corrected chi connectivity index (χ3v) is 9.94. The van der Waals surface area contributed by atoms with Crippen molar-refractivity contribution >= 4 is 27.3 Å². The van der Waals surface area contributed by atoms with E-state index in [1.165, 1.54) is 30.9 Å². The first-order valence-electron chi connectivity index (χ1n) is 14.2. The van der Waals surface area contributed by atoms with E-state index in [1.54, 1.807) is 18.5 Å². The molecule has 0 bridgehead atoms. The summed E-state index contributed by atoms with van der Waals surface area (Å²) in [6.07, 6.45) is 12.9. The van der Waals surface area contributed by atoms with Crippen molar-refractivity contribution in [3.63, 3.8) is 0 Å². The third-order valence-electron chi connectivity index (χ3n) is 7.90. The highest BCUT2D eigenvalue weighted by molar-refractivity contribution is 7.90. The molecule has 12 nitrogen and oxygen atoms in total. The van der Waals surface area contributed by atoms with Crippen LogP contribution < -0.4 is 10.2 Å². The Balaban J connectivity index is 1.16. The Morgan fingerprint density at radius 3 is 2.50 bits per heavy atom. The van der Waals surface area contributed by atoms with Gasteiger partial charge in [0, 0.05) is 44.5 Å². The normalized spacial score (nSPS) is 17.6. The molecule has 4 aromatic heterocycles. The van der Waals surface area contributed by atoms with Gasteiger partial charge in [-0.15, -0.1) is 0 Å². The van der Waals surface area contributed by atoms with Gasteiger partial charge in [-0.05, 0) is 44.6 Å². The average Bonchev–Trinajstić information content (AvgIpc) is 3.93. The van der Waals surface area contributed by atoms with Crippen molar-refractivity contribution in [3.8, 4) is 23.2 Å². The number of aryl methyl sites for hydroxylation is 1. The van der Waals surface area contributed by atoms with Crippen molar-refractivity contribution in [1.29, 1.82) is 0 Å². The van der Waals surface area contributed by atoms with E-state index in [2.05, 4.69) is 47.2 Å². The molecule has 7 rings (SSSR count). The highest BCUT2D eigenvalue weighted by Gasteiger charge is 2.37. The molecule has 0 amide bonds. The average molecular weight is 586 g/mol. The predicted octanol–water partition coefficient (Wildman–Crippen LogP) is 2.79. The SMILES string of the molecule is Cn1ncc(C#Cc2cnc(Nc3ccnc(-c4cnn(S(=O)(=O)C5CC5)c4)n3)cc2N2CCC(O)CC2)c1C1CC1. The van der Waals surface area contributed by atoms with Crippen molar-refractivity contribution in [2.75, 3.05) is 23.3 Å². The maximum absolute atomic E-state index is 12.5. The summed E-state index contributed by atoms with van der Waals surface area (Å²) in [7, 11) is -1.51. The van der Waals surface area contributed by atoms with Crippen LogP contribution in [-0.4, -0.2) is 71.9 Å². The second kappa shape index (κ2) is 10.5. The van der Waals surface area contributed by atoms with E-state index in [1.807, 2.05) is 24.0 Å². The van der Waals surface area contributed by atoms with Gasteiger partial charge in [0.25, 0.3) is 10.0 Å². The molecule has 2 aliphatic carbocycles. The summed E-state index contributed by atoms with van der Waals surface area (Å²) in [5.41, 5.74) is 4.38. The monoisotopic (exact) mass is 585 g/mol. The van der Waals surface area contributed by atoms with Crippen LogP contribution in [0.1, 0.15) is 61.3 Å². The van der Waals surface area contributed by atoms with Crippen LogP contribution in [0.5, 0.6) is 0 Å². The molecule has 0 aromatic carbocycles. The molecule has 1 aliphatic heterocycles. The van der Waals surface area contributed by atoms with Crippen LogP contribution in [0.25, 0.3) is 11.4 Å². The van der Waals surface area contributed by atoms with E-state index in [0.717, 1.165) is 20.9 Å². The number of hydrogen-bond donors (Lipinski definition) is 2. The van der Waals surface area contributed by atoms with Gasteiger partial charge in [-0.3, -0.25) is 4.68 Å². The Bertz CT molecular complexity index is 1800. The summed E-state index contributed by atoms with van der Waals surface area (Å²) < 4.78 is 28.0. The molecule has 2 N–H and O–H groups in total. The van der Waals surface area contributed by atoms with Crippen LogP contribution in [-0.2, 0) is 17.1 Å². The minimum absolute atomic E-state index is 0.297. The van der Waals surface area contributed by atoms with E-state index >= 15 is 0 Å². The maximum Gasteiger partial charge on any atom is 0.256 e. The number of aliphatic hydroxyl groups excluding tert-OH is 1. The van der Waals surface area contributed by atoms with Gasteiger partial charge >= 0.3 is 0 Å². The molecule has 2 saturated carbocycles. The number of pyridine rings is 1.